The molecule has 0 fully saturated rings. The van der Waals surface area contributed by atoms with Crippen molar-refractivity contribution in [3.63, 3.8) is 0 Å². The highest BCUT2D eigenvalue weighted by Crippen LogP contribution is 2.27. The molecule has 0 aliphatic rings. The van der Waals surface area contributed by atoms with E-state index in [1.807, 2.05) is 12.3 Å². The standard InChI is InChI=1S/C12H20N2O2S/c1-5-6-13-9(10(15)16)8-7-17-11(14-8)12(2,3)4/h7,9,13H,5-6H2,1-4H3,(H,15,16). The Balaban J connectivity index is 2.88. The number of aliphatic carboxylic acids is 1. The summed E-state index contributed by atoms with van der Waals surface area (Å²) in [5.74, 6) is -0.871. The van der Waals surface area contributed by atoms with Crippen molar-refractivity contribution in [2.24, 2.45) is 0 Å². The number of rotatable bonds is 5. The van der Waals surface area contributed by atoms with Gasteiger partial charge in [0.1, 0.15) is 6.04 Å². The fourth-order valence-electron chi connectivity index (χ4n) is 1.37. The smallest absolute Gasteiger partial charge is 0.327 e. The van der Waals surface area contributed by atoms with Gasteiger partial charge in [-0.05, 0) is 13.0 Å². The van der Waals surface area contributed by atoms with Gasteiger partial charge >= 0.3 is 5.97 Å². The van der Waals surface area contributed by atoms with E-state index >= 15 is 0 Å². The number of aromatic nitrogens is 1. The van der Waals surface area contributed by atoms with E-state index in [4.69, 9.17) is 5.11 Å². The lowest BCUT2D eigenvalue weighted by Gasteiger charge is -2.15. The largest absolute Gasteiger partial charge is 0.480 e. The maximum absolute atomic E-state index is 11.2. The summed E-state index contributed by atoms with van der Waals surface area (Å²) in [6.45, 7) is 8.91. The maximum Gasteiger partial charge on any atom is 0.327 e. The molecule has 1 heterocycles. The van der Waals surface area contributed by atoms with Crippen LogP contribution in [0.4, 0.5) is 0 Å². The van der Waals surface area contributed by atoms with Crippen molar-refractivity contribution >= 4 is 17.3 Å². The highest BCUT2D eigenvalue weighted by atomic mass is 32.1. The lowest BCUT2D eigenvalue weighted by atomic mass is 9.98. The number of hydrogen-bond donors (Lipinski definition) is 2. The highest BCUT2D eigenvalue weighted by molar-refractivity contribution is 7.09. The van der Waals surface area contributed by atoms with Crippen LogP contribution in [0.15, 0.2) is 5.38 Å². The van der Waals surface area contributed by atoms with Crippen LogP contribution in [0.2, 0.25) is 0 Å². The number of thiazole rings is 1. The predicted molar refractivity (Wildman–Crippen MR) is 69.5 cm³/mol. The van der Waals surface area contributed by atoms with E-state index in [-0.39, 0.29) is 5.41 Å². The van der Waals surface area contributed by atoms with Crippen molar-refractivity contribution in [1.29, 1.82) is 0 Å². The molecule has 5 heteroatoms. The van der Waals surface area contributed by atoms with Gasteiger partial charge in [0.2, 0.25) is 0 Å². The maximum atomic E-state index is 11.2. The number of carbonyl (C=O) groups is 1. The molecule has 0 saturated carbocycles. The Bertz CT molecular complexity index is 382. The molecule has 1 aromatic heterocycles. The Hall–Kier alpha value is -0.940. The van der Waals surface area contributed by atoms with Gasteiger partial charge in [0.05, 0.1) is 10.7 Å². The molecule has 0 spiro atoms. The summed E-state index contributed by atoms with van der Waals surface area (Å²) < 4.78 is 0. The molecule has 0 bridgehead atoms. The van der Waals surface area contributed by atoms with Crippen molar-refractivity contribution < 1.29 is 9.90 Å². The zero-order valence-electron chi connectivity index (χ0n) is 10.8. The van der Waals surface area contributed by atoms with Gasteiger partial charge in [0.25, 0.3) is 0 Å². The Kier molecular flexibility index (Phi) is 4.65. The third-order valence-electron chi connectivity index (χ3n) is 2.30. The molecule has 1 rings (SSSR count). The van der Waals surface area contributed by atoms with Crippen LogP contribution in [0, 0.1) is 0 Å². The first-order valence-electron chi connectivity index (χ1n) is 5.78. The fraction of sp³-hybridized carbons (Fsp3) is 0.667. The highest BCUT2D eigenvalue weighted by Gasteiger charge is 2.25. The average molecular weight is 256 g/mol. The van der Waals surface area contributed by atoms with Crippen LogP contribution in [-0.4, -0.2) is 22.6 Å². The summed E-state index contributed by atoms with van der Waals surface area (Å²) in [6.07, 6.45) is 0.903. The Morgan fingerprint density at radius 3 is 2.65 bits per heavy atom. The summed E-state index contributed by atoms with van der Waals surface area (Å²) in [5.41, 5.74) is 0.581. The summed E-state index contributed by atoms with van der Waals surface area (Å²) in [5, 5.41) is 15.0. The van der Waals surface area contributed by atoms with Crippen LogP contribution in [0.1, 0.15) is 50.9 Å². The topological polar surface area (TPSA) is 62.2 Å². The molecule has 0 aliphatic carbocycles. The fourth-order valence-corrected chi connectivity index (χ4v) is 2.30. The lowest BCUT2D eigenvalue weighted by molar-refractivity contribution is -0.139. The number of nitrogens with zero attached hydrogens (tertiary/aromatic N) is 1. The molecule has 96 valence electrons. The number of nitrogens with one attached hydrogen (secondary N) is 1. The lowest BCUT2D eigenvalue weighted by Crippen LogP contribution is -2.29. The molecule has 2 N–H and O–H groups in total. The molecule has 0 saturated heterocycles. The van der Waals surface area contributed by atoms with Crippen LogP contribution in [0.5, 0.6) is 0 Å². The number of carboxylic acid groups (broad SMARTS) is 1. The predicted octanol–water partition coefficient (Wildman–Crippen LogP) is 2.57. The van der Waals surface area contributed by atoms with Gasteiger partial charge in [0.15, 0.2) is 0 Å². The van der Waals surface area contributed by atoms with E-state index in [0.29, 0.717) is 12.2 Å². The monoisotopic (exact) mass is 256 g/mol. The first kappa shape index (κ1) is 14.1. The van der Waals surface area contributed by atoms with Gasteiger partial charge in [-0.25, -0.2) is 4.98 Å². The Morgan fingerprint density at radius 2 is 2.24 bits per heavy atom. The van der Waals surface area contributed by atoms with Gasteiger partial charge in [-0.2, -0.15) is 0 Å². The molecule has 4 nitrogen and oxygen atoms in total. The van der Waals surface area contributed by atoms with Crippen molar-refractivity contribution in [2.75, 3.05) is 6.54 Å². The third-order valence-corrected chi connectivity index (χ3v) is 3.59. The zero-order chi connectivity index (χ0) is 13.1. The van der Waals surface area contributed by atoms with E-state index in [2.05, 4.69) is 31.1 Å². The third kappa shape index (κ3) is 3.78. The summed E-state index contributed by atoms with van der Waals surface area (Å²) in [4.78, 5) is 15.6. The minimum absolute atomic E-state index is 0.0310. The molecule has 1 atom stereocenters. The van der Waals surface area contributed by atoms with Gasteiger partial charge in [0, 0.05) is 10.8 Å². The molecule has 1 unspecified atom stereocenters. The molecule has 0 amide bonds. The molecule has 0 aromatic carbocycles. The minimum Gasteiger partial charge on any atom is -0.480 e. The first-order chi connectivity index (χ1) is 7.86. The van der Waals surface area contributed by atoms with Crippen LogP contribution in [0.25, 0.3) is 0 Å². The second-order valence-corrected chi connectivity index (χ2v) is 5.91. The summed E-state index contributed by atoms with van der Waals surface area (Å²) in [6, 6.07) is -0.692. The second-order valence-electron chi connectivity index (χ2n) is 5.05. The molecule has 0 aliphatic heterocycles. The normalized spacial score (nSPS) is 13.6. The van der Waals surface area contributed by atoms with Crippen LogP contribution >= 0.6 is 11.3 Å². The summed E-state index contributed by atoms with van der Waals surface area (Å²) in [7, 11) is 0. The van der Waals surface area contributed by atoms with Crippen molar-refractivity contribution in [1.82, 2.24) is 10.3 Å². The molecule has 1 aromatic rings. The van der Waals surface area contributed by atoms with E-state index in [1.165, 1.54) is 11.3 Å². The molecular formula is C12H20N2O2S. The van der Waals surface area contributed by atoms with Crippen LogP contribution in [0.3, 0.4) is 0 Å². The van der Waals surface area contributed by atoms with Gasteiger partial charge in [-0.1, -0.05) is 27.7 Å². The van der Waals surface area contributed by atoms with Crippen molar-refractivity contribution in [3.8, 4) is 0 Å². The Morgan fingerprint density at radius 1 is 1.59 bits per heavy atom. The van der Waals surface area contributed by atoms with Crippen molar-refractivity contribution in [3.05, 3.63) is 16.1 Å². The molecular weight excluding hydrogens is 236 g/mol. The second kappa shape index (κ2) is 5.60. The van der Waals surface area contributed by atoms with Gasteiger partial charge in [-0.3, -0.25) is 10.1 Å². The first-order valence-corrected chi connectivity index (χ1v) is 6.66. The molecule has 17 heavy (non-hydrogen) atoms. The minimum atomic E-state index is -0.871. The van der Waals surface area contributed by atoms with Gasteiger partial charge < -0.3 is 5.11 Å². The number of hydrogen-bond acceptors (Lipinski definition) is 4. The van der Waals surface area contributed by atoms with E-state index in [0.717, 1.165) is 11.4 Å². The van der Waals surface area contributed by atoms with E-state index in [1.54, 1.807) is 0 Å². The SMILES string of the molecule is CCCNC(C(=O)O)c1csc(C(C)(C)C)n1. The average Bonchev–Trinajstić information content (AvgIpc) is 2.66. The Labute approximate surface area is 106 Å². The summed E-state index contributed by atoms with van der Waals surface area (Å²) >= 11 is 1.52. The van der Waals surface area contributed by atoms with Crippen LogP contribution < -0.4 is 5.32 Å². The van der Waals surface area contributed by atoms with Gasteiger partial charge in [-0.15, -0.1) is 11.3 Å². The van der Waals surface area contributed by atoms with Crippen molar-refractivity contribution in [2.45, 2.75) is 45.6 Å². The quantitative estimate of drug-likeness (QED) is 0.850. The zero-order valence-corrected chi connectivity index (χ0v) is 11.6. The molecule has 0 radical (unpaired) electrons. The number of carboxylic acids is 1. The van der Waals surface area contributed by atoms with E-state index < -0.39 is 12.0 Å². The van der Waals surface area contributed by atoms with Crippen LogP contribution in [-0.2, 0) is 10.2 Å². The van der Waals surface area contributed by atoms with E-state index in [9.17, 15) is 4.79 Å².